The van der Waals surface area contributed by atoms with Gasteiger partial charge in [-0.3, -0.25) is 0 Å². The molecule has 0 radical (unpaired) electrons. The van der Waals surface area contributed by atoms with Crippen LogP contribution in [0.1, 0.15) is 39.0 Å². The number of hydrogen-bond acceptors (Lipinski definition) is 1. The first kappa shape index (κ1) is 8.91. The van der Waals surface area contributed by atoms with Crippen molar-refractivity contribution in [3.05, 3.63) is 0 Å². The van der Waals surface area contributed by atoms with Gasteiger partial charge in [-0.25, -0.2) is 0 Å². The molecule has 0 nitrogen and oxygen atoms in total. The largest absolute Gasteiger partial charge is 0.0922 e. The summed E-state index contributed by atoms with van der Waals surface area (Å²) in [4.78, 5) is 0. The summed E-state index contributed by atoms with van der Waals surface area (Å²) in [5, 5.41) is 2.59. The Morgan fingerprint density at radius 3 is 2.56 bits per heavy atom. The highest BCUT2D eigenvalue weighted by Gasteiger charge is 1.82. The second-order valence-electron chi connectivity index (χ2n) is 2.10. The van der Waals surface area contributed by atoms with Crippen molar-refractivity contribution in [3.63, 3.8) is 0 Å². The maximum absolute atomic E-state index is 3.78. The van der Waals surface area contributed by atoms with Gasteiger partial charge in [-0.1, -0.05) is 44.7 Å². The first-order valence-corrected chi connectivity index (χ1v) is 3.98. The minimum Gasteiger partial charge on any atom is -0.0922 e. The van der Waals surface area contributed by atoms with Crippen molar-refractivity contribution in [1.29, 1.82) is 0 Å². The first-order chi connectivity index (χ1) is 4.41. The van der Waals surface area contributed by atoms with Crippen LogP contribution in [0.3, 0.4) is 0 Å². The molecule has 0 aliphatic heterocycles. The smallest absolute Gasteiger partial charge is 0.00975 e. The van der Waals surface area contributed by atoms with Gasteiger partial charge in [0.15, 0.2) is 0 Å². The van der Waals surface area contributed by atoms with Crippen LogP contribution in [0.4, 0.5) is 0 Å². The molecule has 0 atom stereocenters. The standard InChI is InChI=1S/C8H14S/c1-2-3-4-5-6-7-8-9/h9H,2-6H2,1H3. The summed E-state index contributed by atoms with van der Waals surface area (Å²) in [6, 6.07) is 0. The van der Waals surface area contributed by atoms with E-state index in [1.54, 1.807) is 0 Å². The summed E-state index contributed by atoms with van der Waals surface area (Å²) in [6.45, 7) is 2.21. The fourth-order valence-electron chi connectivity index (χ4n) is 0.696. The average Bonchev–Trinajstić information content (AvgIpc) is 1.89. The van der Waals surface area contributed by atoms with Crippen LogP contribution < -0.4 is 0 Å². The van der Waals surface area contributed by atoms with Gasteiger partial charge in [0.25, 0.3) is 0 Å². The van der Waals surface area contributed by atoms with E-state index >= 15 is 0 Å². The van der Waals surface area contributed by atoms with Gasteiger partial charge in [0, 0.05) is 6.42 Å². The highest BCUT2D eigenvalue weighted by molar-refractivity contribution is 7.85. The second kappa shape index (κ2) is 7.91. The topological polar surface area (TPSA) is 0 Å². The predicted octanol–water partition coefficient (Wildman–Crippen LogP) is 2.85. The zero-order valence-corrected chi connectivity index (χ0v) is 6.88. The van der Waals surface area contributed by atoms with Crippen LogP contribution in [0, 0.1) is 11.2 Å². The van der Waals surface area contributed by atoms with E-state index in [0.717, 1.165) is 6.42 Å². The van der Waals surface area contributed by atoms with E-state index in [2.05, 4.69) is 30.7 Å². The van der Waals surface area contributed by atoms with Gasteiger partial charge in [0.1, 0.15) is 0 Å². The van der Waals surface area contributed by atoms with Crippen LogP contribution in [0.5, 0.6) is 0 Å². The van der Waals surface area contributed by atoms with Crippen molar-refractivity contribution in [2.45, 2.75) is 39.0 Å². The monoisotopic (exact) mass is 142 g/mol. The molecule has 0 spiro atoms. The second-order valence-corrected chi connectivity index (χ2v) is 2.32. The maximum atomic E-state index is 3.78. The van der Waals surface area contributed by atoms with Crippen LogP contribution in [0.25, 0.3) is 0 Å². The van der Waals surface area contributed by atoms with E-state index in [9.17, 15) is 0 Å². The van der Waals surface area contributed by atoms with E-state index in [1.807, 2.05) is 0 Å². The predicted molar refractivity (Wildman–Crippen MR) is 45.5 cm³/mol. The molecular weight excluding hydrogens is 128 g/mol. The van der Waals surface area contributed by atoms with E-state index < -0.39 is 0 Å². The summed E-state index contributed by atoms with van der Waals surface area (Å²) in [6.07, 6.45) is 6.21. The summed E-state index contributed by atoms with van der Waals surface area (Å²) >= 11 is 3.78. The van der Waals surface area contributed by atoms with Gasteiger partial charge in [-0.05, 0) is 11.7 Å². The number of thiol groups is 1. The summed E-state index contributed by atoms with van der Waals surface area (Å²) in [5.74, 6) is 2.92. The van der Waals surface area contributed by atoms with Gasteiger partial charge in [-0.15, -0.1) is 0 Å². The molecule has 0 aliphatic carbocycles. The molecule has 0 aromatic carbocycles. The Balaban J connectivity index is 2.80. The van der Waals surface area contributed by atoms with Gasteiger partial charge >= 0.3 is 0 Å². The first-order valence-electron chi connectivity index (χ1n) is 3.53. The molecule has 0 fully saturated rings. The van der Waals surface area contributed by atoms with Crippen LogP contribution in [0.15, 0.2) is 0 Å². The molecule has 0 unspecified atom stereocenters. The molecule has 1 heteroatoms. The molecule has 0 heterocycles. The van der Waals surface area contributed by atoms with Crippen molar-refractivity contribution in [3.8, 4) is 11.2 Å². The molecule has 0 rings (SSSR count). The van der Waals surface area contributed by atoms with Gasteiger partial charge < -0.3 is 0 Å². The van der Waals surface area contributed by atoms with Gasteiger partial charge in [0.2, 0.25) is 0 Å². The molecule has 0 aliphatic rings. The zero-order chi connectivity index (χ0) is 6.95. The van der Waals surface area contributed by atoms with Gasteiger partial charge in [-0.2, -0.15) is 0 Å². The Morgan fingerprint density at radius 1 is 1.22 bits per heavy atom. The Labute approximate surface area is 63.4 Å². The minimum absolute atomic E-state index is 1.02. The van der Waals surface area contributed by atoms with Crippen molar-refractivity contribution < 1.29 is 0 Å². The number of hydrogen-bond donors (Lipinski definition) is 1. The Kier molecular flexibility index (Phi) is 7.83. The van der Waals surface area contributed by atoms with Crippen LogP contribution in [-0.4, -0.2) is 0 Å². The normalized spacial score (nSPS) is 8.22. The van der Waals surface area contributed by atoms with E-state index in [4.69, 9.17) is 0 Å². The fourth-order valence-corrected chi connectivity index (χ4v) is 0.808. The molecule has 0 aromatic heterocycles. The lowest BCUT2D eigenvalue weighted by atomic mass is 10.2. The Morgan fingerprint density at radius 2 is 2.00 bits per heavy atom. The summed E-state index contributed by atoms with van der Waals surface area (Å²) in [7, 11) is 0. The molecule has 0 saturated heterocycles. The molecule has 9 heavy (non-hydrogen) atoms. The van der Waals surface area contributed by atoms with Crippen molar-refractivity contribution in [2.24, 2.45) is 0 Å². The lowest BCUT2D eigenvalue weighted by molar-refractivity contribution is 0.680. The number of rotatable bonds is 4. The molecule has 0 saturated carbocycles. The molecule has 0 bridgehead atoms. The van der Waals surface area contributed by atoms with Crippen LogP contribution in [0.2, 0.25) is 0 Å². The van der Waals surface area contributed by atoms with Crippen LogP contribution >= 0.6 is 12.6 Å². The Hall–Kier alpha value is -0.0900. The third-order valence-corrected chi connectivity index (χ3v) is 1.39. The van der Waals surface area contributed by atoms with Crippen molar-refractivity contribution >= 4 is 12.6 Å². The maximum Gasteiger partial charge on any atom is 0.00975 e. The van der Waals surface area contributed by atoms with E-state index in [0.29, 0.717) is 0 Å². The average molecular weight is 142 g/mol. The molecule has 52 valence electrons. The SMILES string of the molecule is CCCCCCC#CS. The molecule has 0 amide bonds. The summed E-state index contributed by atoms with van der Waals surface area (Å²) in [5.41, 5.74) is 0. The van der Waals surface area contributed by atoms with Crippen LogP contribution in [-0.2, 0) is 0 Å². The van der Waals surface area contributed by atoms with E-state index in [-0.39, 0.29) is 0 Å². The molecule has 0 aromatic rings. The molecule has 0 N–H and O–H groups in total. The summed E-state index contributed by atoms with van der Waals surface area (Å²) < 4.78 is 0. The van der Waals surface area contributed by atoms with E-state index in [1.165, 1.54) is 25.7 Å². The minimum atomic E-state index is 1.02. The third kappa shape index (κ3) is 7.91. The van der Waals surface area contributed by atoms with Gasteiger partial charge in [0.05, 0.1) is 0 Å². The third-order valence-electron chi connectivity index (χ3n) is 1.23. The quantitative estimate of drug-likeness (QED) is 0.348. The molecular formula is C8H14S. The zero-order valence-electron chi connectivity index (χ0n) is 5.98. The lowest BCUT2D eigenvalue weighted by Gasteiger charge is -1.90. The fraction of sp³-hybridized carbons (Fsp3) is 0.750. The highest BCUT2D eigenvalue weighted by atomic mass is 32.1. The Bertz CT molecular complexity index is 96.9. The van der Waals surface area contributed by atoms with Crippen molar-refractivity contribution in [1.82, 2.24) is 0 Å². The number of unbranched alkanes of at least 4 members (excludes halogenated alkanes) is 4. The highest BCUT2D eigenvalue weighted by Crippen LogP contribution is 2.00. The lowest BCUT2D eigenvalue weighted by Crippen LogP contribution is -1.72. The van der Waals surface area contributed by atoms with Crippen molar-refractivity contribution in [2.75, 3.05) is 0 Å².